The highest BCUT2D eigenvalue weighted by Gasteiger charge is 2.51. The fourth-order valence-corrected chi connectivity index (χ4v) is 3.47. The highest BCUT2D eigenvalue weighted by Crippen LogP contribution is 2.44. The topological polar surface area (TPSA) is 107 Å². The zero-order valence-corrected chi connectivity index (χ0v) is 18.2. The molecule has 4 rings (SSSR count). The zero-order valence-electron chi connectivity index (χ0n) is 18.2. The highest BCUT2D eigenvalue weighted by atomic mass is 19.3. The van der Waals surface area contributed by atoms with Crippen LogP contribution in [0.25, 0.3) is 11.0 Å². The van der Waals surface area contributed by atoms with Gasteiger partial charge in [0.25, 0.3) is 0 Å². The quantitative estimate of drug-likeness (QED) is 0.619. The van der Waals surface area contributed by atoms with E-state index in [0.29, 0.717) is 16.6 Å². The normalized spacial score (nSPS) is 16.0. The summed E-state index contributed by atoms with van der Waals surface area (Å²) in [6.07, 6.45) is -5.85. The lowest BCUT2D eigenvalue weighted by molar-refractivity contribution is -0.193. The van der Waals surface area contributed by atoms with Crippen molar-refractivity contribution < 1.29 is 33.0 Å². The second kappa shape index (κ2) is 8.39. The monoisotopic (exact) mass is 460 g/mol. The van der Waals surface area contributed by atoms with E-state index in [9.17, 15) is 23.5 Å². The molecule has 1 aromatic heterocycles. The summed E-state index contributed by atoms with van der Waals surface area (Å²) in [4.78, 5) is 25.6. The molecule has 0 fully saturated rings. The fraction of sp³-hybridized carbons (Fsp3) is 0.364. The minimum Gasteiger partial charge on any atom is -0.448 e. The first-order valence-corrected chi connectivity index (χ1v) is 10.3. The maximum Gasteiger partial charge on any atom is 0.483 e. The molecule has 0 saturated heterocycles. The van der Waals surface area contributed by atoms with Crippen LogP contribution < -0.4 is 9.64 Å². The Hall–Kier alpha value is -3.60. The fourth-order valence-electron chi connectivity index (χ4n) is 3.47. The first kappa shape index (κ1) is 22.6. The molecule has 1 atom stereocenters. The van der Waals surface area contributed by atoms with Gasteiger partial charge in [-0.25, -0.2) is 4.79 Å². The van der Waals surface area contributed by atoms with Crippen LogP contribution in [-0.2, 0) is 16.1 Å². The smallest absolute Gasteiger partial charge is 0.448 e. The lowest BCUT2D eigenvalue weighted by atomic mass is 10.1. The number of aliphatic hydroxyl groups is 1. The molecule has 2 heterocycles. The molecule has 1 aliphatic rings. The SMILES string of the molecule is CC(C)COC(=O)n1nnc2cc(CN3C(=O)C(F)(F)Oc4c([C@H](C)O)cccc43)ccc21. The number of benzene rings is 2. The van der Waals surface area contributed by atoms with Crippen molar-refractivity contribution in [2.24, 2.45) is 5.92 Å². The van der Waals surface area contributed by atoms with Gasteiger partial charge in [-0.1, -0.05) is 37.3 Å². The van der Waals surface area contributed by atoms with Crippen LogP contribution >= 0.6 is 0 Å². The summed E-state index contributed by atoms with van der Waals surface area (Å²) in [5, 5.41) is 17.7. The number of nitrogens with zero attached hydrogens (tertiary/aromatic N) is 4. The van der Waals surface area contributed by atoms with Crippen LogP contribution in [0.1, 0.15) is 38.0 Å². The molecule has 0 saturated carbocycles. The highest BCUT2D eigenvalue weighted by molar-refractivity contribution is 6.01. The molecule has 0 spiro atoms. The van der Waals surface area contributed by atoms with Gasteiger partial charge >= 0.3 is 18.1 Å². The number of amides is 1. The number of carbonyl (C=O) groups excluding carboxylic acids is 2. The van der Waals surface area contributed by atoms with Crippen molar-refractivity contribution in [1.29, 1.82) is 0 Å². The zero-order chi connectivity index (χ0) is 23.9. The van der Waals surface area contributed by atoms with E-state index in [1.807, 2.05) is 13.8 Å². The number of hydrogen-bond donors (Lipinski definition) is 1. The lowest BCUT2D eigenvalue weighted by Gasteiger charge is -2.35. The Morgan fingerprint density at radius 2 is 2.00 bits per heavy atom. The van der Waals surface area contributed by atoms with Gasteiger partial charge in [0.15, 0.2) is 5.75 Å². The van der Waals surface area contributed by atoms with Crippen LogP contribution in [0.4, 0.5) is 19.3 Å². The van der Waals surface area contributed by atoms with E-state index >= 15 is 0 Å². The van der Waals surface area contributed by atoms with Gasteiger partial charge in [-0.2, -0.15) is 8.78 Å². The van der Waals surface area contributed by atoms with Crippen LogP contribution in [-0.4, -0.2) is 44.8 Å². The average Bonchev–Trinajstić information content (AvgIpc) is 3.18. The molecule has 33 heavy (non-hydrogen) atoms. The number of carbonyl (C=O) groups is 2. The molecular formula is C22H22F2N4O5. The summed E-state index contributed by atoms with van der Waals surface area (Å²) in [7, 11) is 0. The van der Waals surface area contributed by atoms with Gasteiger partial charge in [-0.3, -0.25) is 9.69 Å². The van der Waals surface area contributed by atoms with Crippen molar-refractivity contribution in [3.05, 3.63) is 47.5 Å². The minimum absolute atomic E-state index is 0.116. The summed E-state index contributed by atoms with van der Waals surface area (Å²) < 4.78 is 39.6. The summed E-state index contributed by atoms with van der Waals surface area (Å²) in [5.74, 6) is -1.63. The predicted octanol–water partition coefficient (Wildman–Crippen LogP) is 3.64. The molecule has 2 aromatic carbocycles. The number of para-hydroxylation sites is 1. The minimum atomic E-state index is -4.09. The van der Waals surface area contributed by atoms with Crippen molar-refractivity contribution in [2.75, 3.05) is 11.5 Å². The number of aromatic nitrogens is 3. The third-order valence-electron chi connectivity index (χ3n) is 5.05. The number of anilines is 1. The van der Waals surface area contributed by atoms with Gasteiger partial charge in [-0.15, -0.1) is 9.78 Å². The second-order valence-corrected chi connectivity index (χ2v) is 8.18. The van der Waals surface area contributed by atoms with Crippen molar-refractivity contribution in [2.45, 2.75) is 39.5 Å². The van der Waals surface area contributed by atoms with E-state index in [2.05, 4.69) is 15.0 Å². The third-order valence-corrected chi connectivity index (χ3v) is 5.05. The Kier molecular flexibility index (Phi) is 5.75. The molecule has 0 unspecified atom stereocenters. The Balaban J connectivity index is 1.66. The molecular weight excluding hydrogens is 438 g/mol. The number of hydrogen-bond acceptors (Lipinski definition) is 7. The molecule has 1 aliphatic heterocycles. The van der Waals surface area contributed by atoms with E-state index in [1.165, 1.54) is 19.1 Å². The van der Waals surface area contributed by atoms with Crippen molar-refractivity contribution in [3.8, 4) is 5.75 Å². The number of aliphatic hydroxyl groups excluding tert-OH is 1. The average molecular weight is 460 g/mol. The number of halogens is 2. The Morgan fingerprint density at radius 3 is 2.70 bits per heavy atom. The molecule has 0 aliphatic carbocycles. The predicted molar refractivity (Wildman–Crippen MR) is 113 cm³/mol. The maximum absolute atomic E-state index is 14.4. The van der Waals surface area contributed by atoms with Crippen molar-refractivity contribution >= 4 is 28.7 Å². The van der Waals surface area contributed by atoms with Gasteiger partial charge < -0.3 is 14.6 Å². The van der Waals surface area contributed by atoms with Gasteiger partial charge in [0.1, 0.15) is 11.0 Å². The van der Waals surface area contributed by atoms with Gasteiger partial charge in [0, 0.05) is 5.56 Å². The van der Waals surface area contributed by atoms with Gasteiger partial charge in [0.05, 0.1) is 24.9 Å². The summed E-state index contributed by atoms with van der Waals surface area (Å²) in [5.41, 5.74) is 1.44. The van der Waals surface area contributed by atoms with Crippen LogP contribution in [0.5, 0.6) is 5.75 Å². The van der Waals surface area contributed by atoms with E-state index in [1.54, 1.807) is 24.3 Å². The standard InChI is InChI=1S/C22H22F2N4O5/c1-12(2)11-32-21(31)28-17-8-7-14(9-16(17)25-26-28)10-27-18-6-4-5-15(13(3)29)19(18)33-22(23,24)20(27)30/h4-9,12-13,29H,10-11H2,1-3H3/t13-/m0/s1. The number of rotatable bonds is 5. The molecule has 0 radical (unpaired) electrons. The van der Waals surface area contributed by atoms with Crippen molar-refractivity contribution in [3.63, 3.8) is 0 Å². The number of ether oxygens (including phenoxy) is 2. The second-order valence-electron chi connectivity index (χ2n) is 8.18. The van der Waals surface area contributed by atoms with E-state index < -0.39 is 24.2 Å². The number of fused-ring (bicyclic) bond motifs is 2. The summed E-state index contributed by atoms with van der Waals surface area (Å²) >= 11 is 0. The summed E-state index contributed by atoms with van der Waals surface area (Å²) in [6, 6.07) is 9.15. The van der Waals surface area contributed by atoms with Crippen LogP contribution in [0.15, 0.2) is 36.4 Å². The molecule has 0 bridgehead atoms. The van der Waals surface area contributed by atoms with Gasteiger partial charge in [-0.05, 0) is 36.6 Å². The first-order valence-electron chi connectivity index (χ1n) is 10.3. The largest absolute Gasteiger partial charge is 0.483 e. The molecule has 3 aromatic rings. The van der Waals surface area contributed by atoms with E-state index in [-0.39, 0.29) is 36.1 Å². The first-order chi connectivity index (χ1) is 15.6. The van der Waals surface area contributed by atoms with Crippen LogP contribution in [0, 0.1) is 5.92 Å². The van der Waals surface area contributed by atoms with Crippen LogP contribution in [0.3, 0.4) is 0 Å². The molecule has 11 heteroatoms. The van der Waals surface area contributed by atoms with E-state index in [0.717, 1.165) is 9.58 Å². The lowest BCUT2D eigenvalue weighted by Crippen LogP contribution is -2.50. The molecule has 1 N–H and O–H groups in total. The molecule has 1 amide bonds. The van der Waals surface area contributed by atoms with E-state index in [4.69, 9.17) is 4.74 Å². The van der Waals surface area contributed by atoms with Gasteiger partial charge in [0.2, 0.25) is 0 Å². The Bertz CT molecular complexity index is 1220. The number of alkyl halides is 2. The maximum atomic E-state index is 14.4. The third kappa shape index (κ3) is 4.23. The molecule has 9 nitrogen and oxygen atoms in total. The summed E-state index contributed by atoms with van der Waals surface area (Å²) in [6.45, 7) is 5.23. The van der Waals surface area contributed by atoms with Crippen molar-refractivity contribution in [1.82, 2.24) is 15.0 Å². The van der Waals surface area contributed by atoms with Crippen LogP contribution in [0.2, 0.25) is 0 Å². The Morgan fingerprint density at radius 1 is 1.24 bits per heavy atom. The molecule has 174 valence electrons. The Labute approximate surface area is 187 Å².